The zero-order chi connectivity index (χ0) is 15.5. The second kappa shape index (κ2) is 6.78. The molecule has 3 N–H and O–H groups in total. The van der Waals surface area contributed by atoms with E-state index in [9.17, 15) is 8.42 Å². The smallest absolute Gasteiger partial charge is 0.240 e. The Bertz CT molecular complexity index is 548. The van der Waals surface area contributed by atoms with E-state index in [-0.39, 0.29) is 16.5 Å². The summed E-state index contributed by atoms with van der Waals surface area (Å²) in [6, 6.07) is 4.33. The number of benzene rings is 1. The van der Waals surface area contributed by atoms with Crippen molar-refractivity contribution in [1.82, 2.24) is 4.72 Å². The van der Waals surface area contributed by atoms with Crippen LogP contribution in [0.3, 0.4) is 0 Å². The molecule has 0 saturated carbocycles. The quantitative estimate of drug-likeness (QED) is 0.791. The number of rotatable bonds is 6. The van der Waals surface area contributed by atoms with Crippen molar-refractivity contribution in [3.05, 3.63) is 23.2 Å². The molecule has 0 aliphatic carbocycles. The lowest BCUT2D eigenvalue weighted by molar-refractivity contribution is 0.289. The highest BCUT2D eigenvalue weighted by Crippen LogP contribution is 2.23. The van der Waals surface area contributed by atoms with Gasteiger partial charge in [-0.1, -0.05) is 39.3 Å². The van der Waals surface area contributed by atoms with Gasteiger partial charge in [0, 0.05) is 6.54 Å². The minimum atomic E-state index is -3.55. The van der Waals surface area contributed by atoms with Crippen LogP contribution in [0.2, 0.25) is 5.02 Å². The van der Waals surface area contributed by atoms with Gasteiger partial charge in [0.2, 0.25) is 10.0 Å². The number of hydrogen-bond donors (Lipinski definition) is 2. The zero-order valence-electron chi connectivity index (χ0n) is 12.4. The summed E-state index contributed by atoms with van der Waals surface area (Å²) in [5, 5.41) is 0.353. The summed E-state index contributed by atoms with van der Waals surface area (Å²) in [6.07, 6.45) is 0. The van der Waals surface area contributed by atoms with Gasteiger partial charge < -0.3 is 5.73 Å². The summed E-state index contributed by atoms with van der Waals surface area (Å²) >= 11 is 5.80. The maximum Gasteiger partial charge on any atom is 0.240 e. The Morgan fingerprint density at radius 1 is 1.20 bits per heavy atom. The van der Waals surface area contributed by atoms with Gasteiger partial charge in [0.1, 0.15) is 0 Å². The van der Waals surface area contributed by atoms with E-state index in [2.05, 4.69) is 32.4 Å². The fraction of sp³-hybridized carbons (Fsp3) is 0.571. The predicted octanol–water partition coefficient (Wildman–Crippen LogP) is 3.13. The molecule has 0 unspecified atom stereocenters. The van der Waals surface area contributed by atoms with Gasteiger partial charge >= 0.3 is 0 Å². The van der Waals surface area contributed by atoms with E-state index in [1.54, 1.807) is 0 Å². The first-order chi connectivity index (χ1) is 9.15. The van der Waals surface area contributed by atoms with Gasteiger partial charge in [-0.15, -0.1) is 0 Å². The molecule has 4 nitrogen and oxygen atoms in total. The Hall–Kier alpha value is -0.780. The van der Waals surface area contributed by atoms with Crippen LogP contribution in [0.25, 0.3) is 0 Å². The molecule has 114 valence electrons. The highest BCUT2D eigenvalue weighted by molar-refractivity contribution is 7.89. The molecule has 0 spiro atoms. The predicted molar refractivity (Wildman–Crippen MR) is 84.2 cm³/mol. The first-order valence-corrected chi connectivity index (χ1v) is 8.56. The van der Waals surface area contributed by atoms with Gasteiger partial charge in [-0.25, -0.2) is 13.1 Å². The monoisotopic (exact) mass is 318 g/mol. The Morgan fingerprint density at radius 2 is 1.75 bits per heavy atom. The summed E-state index contributed by atoms with van der Waals surface area (Å²) in [6.45, 7) is 8.80. The van der Waals surface area contributed by atoms with Gasteiger partial charge in [-0.05, 0) is 36.0 Å². The molecule has 0 fully saturated rings. The molecule has 1 aromatic carbocycles. The first kappa shape index (κ1) is 17.3. The number of nitrogens with one attached hydrogen (secondary N) is 1. The molecular formula is C14H23ClN2O2S. The average molecular weight is 319 g/mol. The summed E-state index contributed by atoms with van der Waals surface area (Å²) < 4.78 is 27.1. The van der Waals surface area contributed by atoms with Crippen molar-refractivity contribution in [3.8, 4) is 0 Å². The SMILES string of the molecule is CC(C)C(CNS(=O)(=O)c1ccc(Cl)c(N)c1)C(C)C. The van der Waals surface area contributed by atoms with Crippen LogP contribution in [-0.2, 0) is 10.0 Å². The Labute approximate surface area is 126 Å². The lowest BCUT2D eigenvalue weighted by Gasteiger charge is -2.25. The molecule has 0 bridgehead atoms. The van der Waals surface area contributed by atoms with Crippen LogP contribution < -0.4 is 10.5 Å². The molecular weight excluding hydrogens is 296 g/mol. The van der Waals surface area contributed by atoms with E-state index in [1.807, 2.05) is 0 Å². The van der Waals surface area contributed by atoms with E-state index >= 15 is 0 Å². The van der Waals surface area contributed by atoms with Gasteiger partial charge in [-0.3, -0.25) is 0 Å². The number of nitrogen functional groups attached to an aromatic ring is 1. The van der Waals surface area contributed by atoms with Crippen molar-refractivity contribution in [2.24, 2.45) is 17.8 Å². The van der Waals surface area contributed by atoms with Crippen LogP contribution in [0.4, 0.5) is 5.69 Å². The first-order valence-electron chi connectivity index (χ1n) is 6.70. The number of anilines is 1. The molecule has 1 rings (SSSR count). The van der Waals surface area contributed by atoms with Crippen LogP contribution in [-0.4, -0.2) is 15.0 Å². The van der Waals surface area contributed by atoms with Gasteiger partial charge in [0.15, 0.2) is 0 Å². The molecule has 0 heterocycles. The van der Waals surface area contributed by atoms with Crippen molar-refractivity contribution in [2.45, 2.75) is 32.6 Å². The third-order valence-electron chi connectivity index (χ3n) is 3.50. The summed E-state index contributed by atoms with van der Waals surface area (Å²) in [7, 11) is -3.55. The molecule has 1 aromatic rings. The second-order valence-electron chi connectivity index (χ2n) is 5.69. The molecule has 0 radical (unpaired) electrons. The Morgan fingerprint density at radius 3 is 2.20 bits per heavy atom. The van der Waals surface area contributed by atoms with Crippen molar-refractivity contribution in [1.29, 1.82) is 0 Å². The van der Waals surface area contributed by atoms with Crippen LogP contribution in [0.15, 0.2) is 23.1 Å². The fourth-order valence-electron chi connectivity index (χ4n) is 2.22. The van der Waals surface area contributed by atoms with Crippen LogP contribution in [0.1, 0.15) is 27.7 Å². The van der Waals surface area contributed by atoms with Crippen molar-refractivity contribution in [2.75, 3.05) is 12.3 Å². The summed E-state index contributed by atoms with van der Waals surface area (Å²) in [4.78, 5) is 0.144. The third kappa shape index (κ3) is 4.36. The van der Waals surface area contributed by atoms with Crippen molar-refractivity contribution >= 4 is 27.3 Å². The number of hydrogen-bond acceptors (Lipinski definition) is 3. The number of nitrogens with two attached hydrogens (primary N) is 1. The number of sulfonamides is 1. The molecule has 0 aliphatic heterocycles. The van der Waals surface area contributed by atoms with Crippen LogP contribution in [0.5, 0.6) is 0 Å². The molecule has 0 amide bonds. The van der Waals surface area contributed by atoms with Crippen molar-refractivity contribution < 1.29 is 8.42 Å². The lowest BCUT2D eigenvalue weighted by atomic mass is 9.86. The average Bonchev–Trinajstić information content (AvgIpc) is 2.31. The summed E-state index contributed by atoms with van der Waals surface area (Å²) in [5.74, 6) is 1.11. The van der Waals surface area contributed by atoms with Gasteiger partial charge in [0.25, 0.3) is 0 Å². The second-order valence-corrected chi connectivity index (χ2v) is 7.86. The van der Waals surface area contributed by atoms with Gasteiger partial charge in [0.05, 0.1) is 15.6 Å². The van der Waals surface area contributed by atoms with E-state index < -0.39 is 10.0 Å². The maximum absolute atomic E-state index is 12.2. The largest absolute Gasteiger partial charge is 0.397 e. The standard InChI is InChI=1S/C14H23ClN2O2S/c1-9(2)12(10(3)4)8-17-20(18,19)11-5-6-13(15)14(16)7-11/h5-7,9-10,12,17H,8,16H2,1-4H3. The Balaban J connectivity index is 2.87. The third-order valence-corrected chi connectivity index (χ3v) is 5.26. The van der Waals surface area contributed by atoms with Crippen LogP contribution >= 0.6 is 11.6 Å². The lowest BCUT2D eigenvalue weighted by Crippen LogP contribution is -2.34. The topological polar surface area (TPSA) is 72.2 Å². The highest BCUT2D eigenvalue weighted by atomic mass is 35.5. The van der Waals surface area contributed by atoms with Gasteiger partial charge in [-0.2, -0.15) is 0 Å². The molecule has 6 heteroatoms. The zero-order valence-corrected chi connectivity index (χ0v) is 13.9. The Kier molecular flexibility index (Phi) is 5.86. The number of halogens is 1. The summed E-state index contributed by atoms with van der Waals surface area (Å²) in [5.41, 5.74) is 5.91. The van der Waals surface area contributed by atoms with Crippen LogP contribution in [0, 0.1) is 17.8 Å². The minimum Gasteiger partial charge on any atom is -0.397 e. The molecule has 0 atom stereocenters. The van der Waals surface area contributed by atoms with E-state index in [4.69, 9.17) is 17.3 Å². The van der Waals surface area contributed by atoms with Crippen molar-refractivity contribution in [3.63, 3.8) is 0 Å². The maximum atomic E-state index is 12.2. The van der Waals surface area contributed by atoms with E-state index in [1.165, 1.54) is 18.2 Å². The molecule has 0 aliphatic rings. The van der Waals surface area contributed by atoms with E-state index in [0.717, 1.165) is 0 Å². The minimum absolute atomic E-state index is 0.144. The molecule has 20 heavy (non-hydrogen) atoms. The van der Waals surface area contributed by atoms with E-state index in [0.29, 0.717) is 23.4 Å². The normalized spacial score (nSPS) is 12.6. The fourth-order valence-corrected chi connectivity index (χ4v) is 3.44. The molecule has 0 saturated heterocycles. The molecule has 0 aromatic heterocycles. The highest BCUT2D eigenvalue weighted by Gasteiger charge is 2.21.